The number of carbonyl (C=O) groups excluding carboxylic acids is 1. The Bertz CT molecular complexity index is 833. The second-order valence-electron chi connectivity index (χ2n) is 8.53. The average molecular weight is 348 g/mol. The number of ketones is 1. The first-order chi connectivity index (χ1) is 12.5. The van der Waals surface area contributed by atoms with Crippen LogP contribution in [0.15, 0.2) is 12.1 Å². The van der Waals surface area contributed by atoms with Gasteiger partial charge in [-0.15, -0.1) is 0 Å². The molecule has 4 nitrogen and oxygen atoms in total. The van der Waals surface area contributed by atoms with Gasteiger partial charge in [0.1, 0.15) is 17.5 Å². The van der Waals surface area contributed by atoms with E-state index in [-0.39, 0.29) is 17.6 Å². The van der Waals surface area contributed by atoms with Gasteiger partial charge in [-0.1, -0.05) is 13.0 Å². The molecule has 0 amide bonds. The van der Waals surface area contributed by atoms with E-state index in [1.165, 1.54) is 11.1 Å². The van der Waals surface area contributed by atoms with E-state index in [2.05, 4.69) is 6.92 Å². The highest BCUT2D eigenvalue weighted by Crippen LogP contribution is 2.59. The maximum atomic E-state index is 12.4. The van der Waals surface area contributed by atoms with Crippen LogP contribution in [0.5, 0.6) is 5.75 Å². The second-order valence-corrected chi connectivity index (χ2v) is 8.53. The first kappa shape index (κ1) is 17.1. The van der Waals surface area contributed by atoms with Gasteiger partial charge in [-0.25, -0.2) is 0 Å². The third-order valence-corrected chi connectivity index (χ3v) is 7.37. The summed E-state index contributed by atoms with van der Waals surface area (Å²) in [5, 5.41) is 28.5. The lowest BCUT2D eigenvalue weighted by molar-refractivity contribution is -0.129. The Morgan fingerprint density at radius 2 is 2.00 bits per heavy atom. The lowest BCUT2D eigenvalue weighted by atomic mass is 9.55. The Kier molecular flexibility index (Phi) is 4.03. The molecule has 0 spiro atoms. The van der Waals surface area contributed by atoms with Gasteiger partial charge in [0.15, 0.2) is 0 Å². The molecule has 3 aliphatic rings. The topological polar surface area (TPSA) is 84.9 Å². The fourth-order valence-corrected chi connectivity index (χ4v) is 5.93. The number of fused-ring (bicyclic) bond motifs is 5. The van der Waals surface area contributed by atoms with Crippen LogP contribution in [0.25, 0.3) is 0 Å². The number of aryl methyl sites for hydroxylation is 1. The van der Waals surface area contributed by atoms with Gasteiger partial charge >= 0.3 is 0 Å². The number of phenolic OH excluding ortho intramolecular Hbond substituents is 1. The standard InChI is InChI=1S/C22H24N2O2/c1-22-7-6-16-17(19(22)4-5-21(22)26)3-2-14-10-20(25)15(9-18(14)16)8-13(11-23)12-24/h9-10,13,16-17,19,25H,2-8H2,1H3/t16-,17+,19-,22-/m0/s1. The molecule has 3 aliphatic carbocycles. The van der Waals surface area contributed by atoms with E-state index in [9.17, 15) is 9.90 Å². The molecule has 0 bridgehead atoms. The summed E-state index contributed by atoms with van der Waals surface area (Å²) in [7, 11) is 0. The average Bonchev–Trinajstić information content (AvgIpc) is 2.95. The van der Waals surface area contributed by atoms with Crippen LogP contribution in [-0.4, -0.2) is 10.9 Å². The molecule has 0 radical (unpaired) electrons. The van der Waals surface area contributed by atoms with Crippen LogP contribution in [0.2, 0.25) is 0 Å². The number of hydrogen-bond donors (Lipinski definition) is 1. The quantitative estimate of drug-likeness (QED) is 0.874. The van der Waals surface area contributed by atoms with Gasteiger partial charge in [0.2, 0.25) is 0 Å². The minimum absolute atomic E-state index is 0.134. The molecular formula is C22H24N2O2. The zero-order valence-corrected chi connectivity index (χ0v) is 15.2. The number of nitrogens with zero attached hydrogens (tertiary/aromatic N) is 2. The summed E-state index contributed by atoms with van der Waals surface area (Å²) in [5.74, 6) is 1.36. The molecule has 4 atom stereocenters. The SMILES string of the molecule is C[C@]12CC[C@@H]3c4cc(CC(C#N)C#N)c(O)cc4CC[C@H]3[C@@H]1CCC2=O. The Hall–Kier alpha value is -2.33. The fourth-order valence-electron chi connectivity index (χ4n) is 5.93. The largest absolute Gasteiger partial charge is 0.508 e. The van der Waals surface area contributed by atoms with Crippen LogP contribution in [0, 0.1) is 45.8 Å². The molecule has 4 rings (SSSR count). The summed E-state index contributed by atoms with van der Waals surface area (Å²) in [6, 6.07) is 7.88. The Balaban J connectivity index is 1.69. The molecule has 0 aromatic heterocycles. The summed E-state index contributed by atoms with van der Waals surface area (Å²) >= 11 is 0. The first-order valence-corrected chi connectivity index (χ1v) is 9.65. The van der Waals surface area contributed by atoms with Gasteiger partial charge in [0.25, 0.3) is 0 Å². The first-order valence-electron chi connectivity index (χ1n) is 9.65. The van der Waals surface area contributed by atoms with Gasteiger partial charge in [0, 0.05) is 18.3 Å². The number of nitriles is 2. The van der Waals surface area contributed by atoms with Gasteiger partial charge in [0.05, 0.1) is 12.1 Å². The smallest absolute Gasteiger partial charge is 0.139 e. The third-order valence-electron chi connectivity index (χ3n) is 7.37. The van der Waals surface area contributed by atoms with Gasteiger partial charge in [-0.05, 0) is 72.6 Å². The van der Waals surface area contributed by atoms with Gasteiger partial charge in [-0.2, -0.15) is 10.5 Å². The molecule has 4 heteroatoms. The number of rotatable bonds is 2. The second kappa shape index (κ2) is 6.13. The Labute approximate surface area is 154 Å². The maximum absolute atomic E-state index is 12.4. The van der Waals surface area contributed by atoms with Crippen molar-refractivity contribution in [3.8, 4) is 17.9 Å². The Morgan fingerprint density at radius 3 is 2.73 bits per heavy atom. The minimum Gasteiger partial charge on any atom is -0.508 e. The predicted molar refractivity (Wildman–Crippen MR) is 96.2 cm³/mol. The molecule has 1 aromatic rings. The van der Waals surface area contributed by atoms with Crippen LogP contribution in [0.3, 0.4) is 0 Å². The molecule has 134 valence electrons. The number of phenols is 1. The van der Waals surface area contributed by atoms with E-state index in [0.29, 0.717) is 29.1 Å². The highest BCUT2D eigenvalue weighted by molar-refractivity contribution is 5.87. The van der Waals surface area contributed by atoms with Gasteiger partial charge < -0.3 is 5.11 Å². The normalized spacial score (nSPS) is 32.3. The van der Waals surface area contributed by atoms with Crippen molar-refractivity contribution >= 4 is 5.78 Å². The van der Waals surface area contributed by atoms with Crippen molar-refractivity contribution in [1.29, 1.82) is 10.5 Å². The molecule has 1 N–H and O–H groups in total. The third kappa shape index (κ3) is 2.43. The number of benzene rings is 1. The zero-order chi connectivity index (χ0) is 18.5. The summed E-state index contributed by atoms with van der Waals surface area (Å²) in [5.41, 5.74) is 3.05. The lowest BCUT2D eigenvalue weighted by Crippen LogP contribution is -2.42. The summed E-state index contributed by atoms with van der Waals surface area (Å²) < 4.78 is 0. The molecule has 26 heavy (non-hydrogen) atoms. The van der Waals surface area contributed by atoms with Crippen molar-refractivity contribution in [3.05, 3.63) is 28.8 Å². The summed E-state index contributed by atoms with van der Waals surface area (Å²) in [4.78, 5) is 12.4. The molecule has 0 saturated heterocycles. The maximum Gasteiger partial charge on any atom is 0.139 e. The Morgan fingerprint density at radius 1 is 1.23 bits per heavy atom. The molecule has 2 saturated carbocycles. The van der Waals surface area contributed by atoms with Crippen molar-refractivity contribution in [2.75, 3.05) is 0 Å². The van der Waals surface area contributed by atoms with E-state index >= 15 is 0 Å². The molecular weight excluding hydrogens is 324 g/mol. The zero-order valence-electron chi connectivity index (χ0n) is 15.2. The van der Waals surface area contributed by atoms with Gasteiger partial charge in [-0.3, -0.25) is 4.79 Å². The van der Waals surface area contributed by atoms with Crippen LogP contribution < -0.4 is 0 Å². The predicted octanol–water partition coefficient (Wildman–Crippen LogP) is 4.02. The molecule has 0 unspecified atom stereocenters. The molecule has 0 aliphatic heterocycles. The van der Waals surface area contributed by atoms with Crippen LogP contribution >= 0.6 is 0 Å². The highest BCUT2D eigenvalue weighted by atomic mass is 16.3. The van der Waals surface area contributed by atoms with Crippen molar-refractivity contribution in [1.82, 2.24) is 0 Å². The van der Waals surface area contributed by atoms with Crippen LogP contribution in [-0.2, 0) is 17.6 Å². The van der Waals surface area contributed by atoms with E-state index in [1.54, 1.807) is 0 Å². The summed E-state index contributed by atoms with van der Waals surface area (Å²) in [6.45, 7) is 2.17. The summed E-state index contributed by atoms with van der Waals surface area (Å²) in [6.07, 6.45) is 6.00. The molecule has 1 aromatic carbocycles. The van der Waals surface area contributed by atoms with E-state index in [0.717, 1.165) is 38.5 Å². The monoisotopic (exact) mass is 348 g/mol. The minimum atomic E-state index is -0.736. The van der Waals surface area contributed by atoms with E-state index < -0.39 is 5.92 Å². The number of carbonyl (C=O) groups is 1. The highest BCUT2D eigenvalue weighted by Gasteiger charge is 2.54. The molecule has 2 fully saturated rings. The number of aromatic hydroxyl groups is 1. The van der Waals surface area contributed by atoms with Crippen molar-refractivity contribution in [3.63, 3.8) is 0 Å². The van der Waals surface area contributed by atoms with E-state index in [4.69, 9.17) is 10.5 Å². The van der Waals surface area contributed by atoms with Crippen molar-refractivity contribution in [2.24, 2.45) is 23.2 Å². The lowest BCUT2D eigenvalue weighted by Gasteiger charge is -2.48. The number of Topliss-reactive ketones (excluding diaryl/α,β-unsaturated/α-hetero) is 1. The van der Waals surface area contributed by atoms with E-state index in [1.807, 2.05) is 24.3 Å². The fraction of sp³-hybridized carbons (Fsp3) is 0.591. The van der Waals surface area contributed by atoms with Crippen molar-refractivity contribution < 1.29 is 9.90 Å². The van der Waals surface area contributed by atoms with Crippen LogP contribution in [0.4, 0.5) is 0 Å². The molecule has 0 heterocycles. The number of hydrogen-bond acceptors (Lipinski definition) is 4. The van der Waals surface area contributed by atoms with Crippen molar-refractivity contribution in [2.45, 2.75) is 57.8 Å². The van der Waals surface area contributed by atoms with Crippen LogP contribution in [0.1, 0.15) is 61.6 Å².